The Hall–Kier alpha value is -0.830. The third kappa shape index (κ3) is 6.29. The summed E-state index contributed by atoms with van der Waals surface area (Å²) in [5.41, 5.74) is 1.08. The molecule has 0 aliphatic rings. The molecule has 0 radical (unpaired) electrons. The number of rotatable bonds is 9. The second-order valence-corrected chi connectivity index (χ2v) is 9.53. The first kappa shape index (κ1) is 20.2. The van der Waals surface area contributed by atoms with Crippen LogP contribution in [0.4, 0.5) is 5.69 Å². The number of hydrogen-bond acceptors (Lipinski definition) is 4. The van der Waals surface area contributed by atoms with Crippen LogP contribution in [0.1, 0.15) is 25.3 Å². The van der Waals surface area contributed by atoms with E-state index in [4.69, 9.17) is 11.6 Å². The maximum Gasteiger partial charge on any atom is 0.232 e. The Labute approximate surface area is 143 Å². The molecule has 0 unspecified atom stereocenters. The molecule has 0 saturated carbocycles. The quantitative estimate of drug-likeness (QED) is 0.709. The van der Waals surface area contributed by atoms with Crippen LogP contribution in [0.25, 0.3) is 0 Å². The molecule has 0 aromatic heterocycles. The van der Waals surface area contributed by atoms with E-state index in [0.717, 1.165) is 17.0 Å². The summed E-state index contributed by atoms with van der Waals surface area (Å²) in [4.78, 5) is 0. The predicted octanol–water partition coefficient (Wildman–Crippen LogP) is 2.13. The Bertz CT molecular complexity index is 733. The summed E-state index contributed by atoms with van der Waals surface area (Å²) >= 11 is 6.04. The van der Waals surface area contributed by atoms with Gasteiger partial charge in [-0.1, -0.05) is 31.0 Å². The minimum absolute atomic E-state index is 0.00503. The predicted molar refractivity (Wildman–Crippen MR) is 95.1 cm³/mol. The van der Waals surface area contributed by atoms with Gasteiger partial charge in [0.2, 0.25) is 20.0 Å². The molecule has 0 heterocycles. The number of nitrogens with zero attached hydrogens (tertiary/aromatic N) is 1. The molecule has 9 heteroatoms. The monoisotopic (exact) mass is 382 g/mol. The first-order chi connectivity index (χ1) is 10.6. The normalized spacial score (nSPS) is 12.3. The largest absolute Gasteiger partial charge is 0.269 e. The molecule has 1 rings (SSSR count). The first-order valence-electron chi connectivity index (χ1n) is 7.28. The third-order valence-corrected chi connectivity index (χ3v) is 6.37. The van der Waals surface area contributed by atoms with E-state index in [1.807, 2.05) is 6.92 Å². The van der Waals surface area contributed by atoms with Crippen molar-refractivity contribution in [3.05, 3.63) is 28.8 Å². The van der Waals surface area contributed by atoms with E-state index in [1.54, 1.807) is 25.1 Å². The van der Waals surface area contributed by atoms with E-state index in [9.17, 15) is 16.8 Å². The lowest BCUT2D eigenvalue weighted by molar-refractivity contribution is 0.575. The molecule has 23 heavy (non-hydrogen) atoms. The number of hydrogen-bond donors (Lipinski definition) is 1. The highest BCUT2D eigenvalue weighted by molar-refractivity contribution is 7.92. The van der Waals surface area contributed by atoms with Crippen LogP contribution in [0, 0.1) is 6.92 Å². The molecular formula is C14H23ClN2O4S2. The molecule has 0 bridgehead atoms. The summed E-state index contributed by atoms with van der Waals surface area (Å²) in [5.74, 6) is 0.0402. The van der Waals surface area contributed by atoms with Gasteiger partial charge in [-0.25, -0.2) is 21.6 Å². The Morgan fingerprint density at radius 2 is 1.87 bits per heavy atom. The fourth-order valence-electron chi connectivity index (χ4n) is 2.04. The van der Waals surface area contributed by atoms with Crippen LogP contribution in [-0.2, 0) is 20.0 Å². The minimum Gasteiger partial charge on any atom is -0.269 e. The minimum atomic E-state index is -3.55. The summed E-state index contributed by atoms with van der Waals surface area (Å²) in [6, 6.07) is 4.98. The lowest BCUT2D eigenvalue weighted by Gasteiger charge is -2.24. The van der Waals surface area contributed by atoms with Crippen molar-refractivity contribution in [2.24, 2.45) is 0 Å². The van der Waals surface area contributed by atoms with Crippen LogP contribution < -0.4 is 9.03 Å². The average molecular weight is 383 g/mol. The van der Waals surface area contributed by atoms with E-state index >= 15 is 0 Å². The topological polar surface area (TPSA) is 83.6 Å². The molecule has 0 amide bonds. The van der Waals surface area contributed by atoms with Crippen molar-refractivity contribution in [1.29, 1.82) is 0 Å². The van der Waals surface area contributed by atoms with E-state index in [-0.39, 0.29) is 18.8 Å². The first-order valence-corrected chi connectivity index (χ1v) is 11.2. The van der Waals surface area contributed by atoms with Crippen LogP contribution in [0.2, 0.25) is 5.02 Å². The van der Waals surface area contributed by atoms with Crippen LogP contribution in [0.3, 0.4) is 0 Å². The second-order valence-electron chi connectivity index (χ2n) is 5.29. The molecular weight excluding hydrogens is 360 g/mol. The lowest BCUT2D eigenvalue weighted by Crippen LogP contribution is -2.39. The van der Waals surface area contributed by atoms with Crippen molar-refractivity contribution in [2.45, 2.75) is 26.7 Å². The van der Waals surface area contributed by atoms with E-state index in [0.29, 0.717) is 22.7 Å². The van der Waals surface area contributed by atoms with Gasteiger partial charge in [-0.05, 0) is 31.0 Å². The highest BCUT2D eigenvalue weighted by atomic mass is 35.5. The zero-order valence-corrected chi connectivity index (χ0v) is 15.9. The van der Waals surface area contributed by atoms with Gasteiger partial charge in [0.25, 0.3) is 0 Å². The van der Waals surface area contributed by atoms with Gasteiger partial charge in [-0.2, -0.15) is 0 Å². The van der Waals surface area contributed by atoms with Gasteiger partial charge >= 0.3 is 0 Å². The standard InChI is InChI=1S/C14H23ClN2O4S2/c1-4-5-11-23(20,21)16-9-10-17(22(3,18)19)14-8-6-7-13(15)12(14)2/h6-8,16H,4-5,9-11H2,1-3H3. The van der Waals surface area contributed by atoms with E-state index in [1.165, 1.54) is 0 Å². The lowest BCUT2D eigenvalue weighted by atomic mass is 10.2. The van der Waals surface area contributed by atoms with Gasteiger partial charge < -0.3 is 0 Å². The summed E-state index contributed by atoms with van der Waals surface area (Å²) in [6.45, 7) is 3.64. The smallest absolute Gasteiger partial charge is 0.232 e. The van der Waals surface area contributed by atoms with Crippen LogP contribution in [0.15, 0.2) is 18.2 Å². The molecule has 1 aromatic carbocycles. The van der Waals surface area contributed by atoms with Gasteiger partial charge in [-0.15, -0.1) is 0 Å². The Balaban J connectivity index is 2.89. The van der Waals surface area contributed by atoms with Crippen molar-refractivity contribution < 1.29 is 16.8 Å². The number of halogens is 1. The fraction of sp³-hybridized carbons (Fsp3) is 0.571. The molecule has 6 nitrogen and oxygen atoms in total. The van der Waals surface area contributed by atoms with E-state index in [2.05, 4.69) is 4.72 Å². The maximum absolute atomic E-state index is 12.0. The fourth-order valence-corrected chi connectivity index (χ4v) is 4.40. The number of sulfonamides is 2. The van der Waals surface area contributed by atoms with Crippen molar-refractivity contribution in [3.63, 3.8) is 0 Å². The highest BCUT2D eigenvalue weighted by Gasteiger charge is 2.20. The zero-order valence-electron chi connectivity index (χ0n) is 13.5. The van der Waals surface area contributed by atoms with Gasteiger partial charge in [0, 0.05) is 18.1 Å². The maximum atomic E-state index is 12.0. The van der Waals surface area contributed by atoms with Crippen molar-refractivity contribution in [3.8, 4) is 0 Å². The average Bonchev–Trinajstić information content (AvgIpc) is 2.44. The van der Waals surface area contributed by atoms with Crippen LogP contribution in [-0.4, -0.2) is 41.9 Å². The van der Waals surface area contributed by atoms with Crippen molar-refractivity contribution in [2.75, 3.05) is 29.4 Å². The molecule has 1 aromatic rings. The Kier molecular flexibility index (Phi) is 7.31. The van der Waals surface area contributed by atoms with Crippen molar-refractivity contribution in [1.82, 2.24) is 4.72 Å². The number of benzene rings is 1. The number of unbranched alkanes of at least 4 members (excludes halogenated alkanes) is 1. The number of nitrogens with one attached hydrogen (secondary N) is 1. The molecule has 0 fully saturated rings. The van der Waals surface area contributed by atoms with Gasteiger partial charge in [-0.3, -0.25) is 4.31 Å². The van der Waals surface area contributed by atoms with Gasteiger partial charge in [0.1, 0.15) is 0 Å². The third-order valence-electron chi connectivity index (χ3n) is 3.31. The summed E-state index contributed by atoms with van der Waals surface area (Å²) < 4.78 is 51.2. The van der Waals surface area contributed by atoms with Crippen LogP contribution in [0.5, 0.6) is 0 Å². The van der Waals surface area contributed by atoms with Gasteiger partial charge in [0.15, 0.2) is 0 Å². The summed E-state index contributed by atoms with van der Waals surface area (Å²) in [5, 5.41) is 0.458. The van der Waals surface area contributed by atoms with Crippen molar-refractivity contribution >= 4 is 37.3 Å². The molecule has 0 atom stereocenters. The highest BCUT2D eigenvalue weighted by Crippen LogP contribution is 2.27. The molecule has 0 spiro atoms. The summed E-state index contributed by atoms with van der Waals surface area (Å²) in [7, 11) is -6.93. The molecule has 0 saturated heterocycles. The Morgan fingerprint density at radius 1 is 1.22 bits per heavy atom. The molecule has 0 aliphatic heterocycles. The second kappa shape index (κ2) is 8.32. The SMILES string of the molecule is CCCCS(=O)(=O)NCCN(c1cccc(Cl)c1C)S(C)(=O)=O. The molecule has 0 aliphatic carbocycles. The zero-order chi connectivity index (χ0) is 17.7. The summed E-state index contributed by atoms with van der Waals surface area (Å²) in [6.07, 6.45) is 2.43. The molecule has 1 N–H and O–H groups in total. The van der Waals surface area contributed by atoms with Crippen LogP contribution >= 0.6 is 11.6 Å². The molecule has 132 valence electrons. The Morgan fingerprint density at radius 3 is 2.43 bits per heavy atom. The van der Waals surface area contributed by atoms with E-state index < -0.39 is 20.0 Å². The van der Waals surface area contributed by atoms with Gasteiger partial charge in [0.05, 0.1) is 17.7 Å². The number of anilines is 1.